The Balaban J connectivity index is 1.88. The highest BCUT2D eigenvalue weighted by molar-refractivity contribution is 6.35. The maximum atomic E-state index is 12.0. The van der Waals surface area contributed by atoms with Crippen LogP contribution in [0.25, 0.3) is 0 Å². The van der Waals surface area contributed by atoms with Gasteiger partial charge in [0.1, 0.15) is 0 Å². The number of benzene rings is 2. The number of carbonyl (C=O) groups excluding carboxylic acids is 2. The van der Waals surface area contributed by atoms with E-state index in [-0.39, 0.29) is 12.6 Å². The fourth-order valence-corrected chi connectivity index (χ4v) is 2.75. The van der Waals surface area contributed by atoms with Crippen molar-refractivity contribution >= 4 is 35.1 Å². The summed E-state index contributed by atoms with van der Waals surface area (Å²) in [5.41, 5.74) is 1.70. The number of ether oxygens (including phenoxy) is 1. The predicted octanol–water partition coefficient (Wildman–Crippen LogP) is 3.52. The van der Waals surface area contributed by atoms with E-state index in [1.807, 2.05) is 0 Å². The van der Waals surface area contributed by atoms with Crippen molar-refractivity contribution in [3.63, 3.8) is 0 Å². The summed E-state index contributed by atoms with van der Waals surface area (Å²) in [7, 11) is 0. The first-order valence-electron chi connectivity index (χ1n) is 7.52. The first-order chi connectivity index (χ1) is 11.9. The highest BCUT2D eigenvalue weighted by atomic mass is 35.5. The van der Waals surface area contributed by atoms with Crippen LogP contribution in [0.3, 0.4) is 0 Å². The van der Waals surface area contributed by atoms with Crippen molar-refractivity contribution in [3.8, 4) is 0 Å². The third-order valence-electron chi connectivity index (χ3n) is 3.51. The van der Waals surface area contributed by atoms with E-state index in [9.17, 15) is 9.59 Å². The lowest BCUT2D eigenvalue weighted by Gasteiger charge is -2.16. The van der Waals surface area contributed by atoms with Gasteiger partial charge in [-0.1, -0.05) is 41.4 Å². The Hall–Kier alpha value is -2.08. The van der Waals surface area contributed by atoms with Crippen LogP contribution in [0.5, 0.6) is 0 Å². The van der Waals surface area contributed by atoms with Gasteiger partial charge >= 0.3 is 5.97 Å². The summed E-state index contributed by atoms with van der Waals surface area (Å²) in [5, 5.41) is 12.6. The molecule has 7 heteroatoms. The summed E-state index contributed by atoms with van der Waals surface area (Å²) < 4.78 is 4.98. The molecule has 0 bridgehead atoms. The molecule has 0 heterocycles. The van der Waals surface area contributed by atoms with Crippen LogP contribution < -0.4 is 5.32 Å². The van der Waals surface area contributed by atoms with Crippen LogP contribution in [0.15, 0.2) is 42.5 Å². The Kier molecular flexibility index (Phi) is 6.82. The van der Waals surface area contributed by atoms with Gasteiger partial charge in [-0.2, -0.15) is 0 Å². The monoisotopic (exact) mass is 381 g/mol. The summed E-state index contributed by atoms with van der Waals surface area (Å²) in [6, 6.07) is 10.9. The van der Waals surface area contributed by atoms with Crippen molar-refractivity contribution in [1.82, 2.24) is 5.32 Å². The quantitative estimate of drug-likeness (QED) is 0.750. The highest BCUT2D eigenvalue weighted by Crippen LogP contribution is 2.25. The van der Waals surface area contributed by atoms with Gasteiger partial charge in [-0.3, -0.25) is 4.79 Å². The van der Waals surface area contributed by atoms with Crippen molar-refractivity contribution in [2.75, 3.05) is 6.61 Å². The van der Waals surface area contributed by atoms with E-state index in [2.05, 4.69) is 5.32 Å². The summed E-state index contributed by atoms with van der Waals surface area (Å²) in [6.45, 7) is 1.25. The van der Waals surface area contributed by atoms with Crippen molar-refractivity contribution in [2.24, 2.45) is 0 Å². The number of hydrogen-bond donors (Lipinski definition) is 2. The van der Waals surface area contributed by atoms with Gasteiger partial charge in [0.2, 0.25) is 0 Å². The zero-order chi connectivity index (χ0) is 18.4. The SMILES string of the molecule is C[C@H](NC(=O)COC(=O)c1ccc(CO)cc1)c1ccc(Cl)cc1Cl. The average molecular weight is 382 g/mol. The minimum atomic E-state index is -0.614. The Morgan fingerprint density at radius 1 is 1.16 bits per heavy atom. The number of nitrogens with one attached hydrogen (secondary N) is 1. The fourth-order valence-electron chi connectivity index (χ4n) is 2.17. The van der Waals surface area contributed by atoms with Crippen LogP contribution in [-0.2, 0) is 16.1 Å². The maximum Gasteiger partial charge on any atom is 0.338 e. The zero-order valence-corrected chi connectivity index (χ0v) is 15.0. The van der Waals surface area contributed by atoms with Gasteiger partial charge in [-0.15, -0.1) is 0 Å². The summed E-state index contributed by atoms with van der Waals surface area (Å²) in [4.78, 5) is 23.8. The molecule has 2 aromatic carbocycles. The molecule has 0 unspecified atom stereocenters. The van der Waals surface area contributed by atoms with Crippen LogP contribution >= 0.6 is 23.2 Å². The minimum Gasteiger partial charge on any atom is -0.452 e. The van der Waals surface area contributed by atoms with Crippen molar-refractivity contribution in [1.29, 1.82) is 0 Å². The second-order valence-electron chi connectivity index (χ2n) is 5.39. The number of aliphatic hydroxyl groups excluding tert-OH is 1. The molecule has 2 rings (SSSR count). The van der Waals surface area contributed by atoms with Gasteiger partial charge in [-0.25, -0.2) is 4.79 Å². The predicted molar refractivity (Wildman–Crippen MR) is 95.7 cm³/mol. The Morgan fingerprint density at radius 3 is 2.44 bits per heavy atom. The molecule has 5 nitrogen and oxygen atoms in total. The smallest absolute Gasteiger partial charge is 0.338 e. The van der Waals surface area contributed by atoms with E-state index in [0.717, 1.165) is 0 Å². The van der Waals surface area contributed by atoms with Crippen LogP contribution in [0.1, 0.15) is 34.5 Å². The fraction of sp³-hybridized carbons (Fsp3) is 0.222. The summed E-state index contributed by atoms with van der Waals surface area (Å²) >= 11 is 11.9. The molecule has 0 aliphatic carbocycles. The molecule has 0 aliphatic heterocycles. The third-order valence-corrected chi connectivity index (χ3v) is 4.08. The van der Waals surface area contributed by atoms with E-state index in [1.165, 1.54) is 12.1 Å². The lowest BCUT2D eigenvalue weighted by atomic mass is 10.1. The van der Waals surface area contributed by atoms with Crippen molar-refractivity contribution < 1.29 is 19.4 Å². The van der Waals surface area contributed by atoms with Crippen LogP contribution in [0.4, 0.5) is 0 Å². The Bertz CT molecular complexity index is 762. The van der Waals surface area contributed by atoms with Crippen molar-refractivity contribution in [3.05, 3.63) is 69.2 Å². The molecule has 0 fully saturated rings. The number of hydrogen-bond acceptors (Lipinski definition) is 4. The number of rotatable bonds is 6. The standard InChI is InChI=1S/C18H17Cl2NO4/c1-11(15-7-6-14(19)8-16(15)20)21-17(23)10-25-18(24)13-4-2-12(9-22)3-5-13/h2-8,11,22H,9-10H2,1H3,(H,21,23)/t11-/m0/s1. The van der Waals surface area contributed by atoms with Gasteiger partial charge in [0.05, 0.1) is 18.2 Å². The highest BCUT2D eigenvalue weighted by Gasteiger charge is 2.15. The summed E-state index contributed by atoms with van der Waals surface area (Å²) in [6.07, 6.45) is 0. The zero-order valence-electron chi connectivity index (χ0n) is 13.5. The molecular formula is C18H17Cl2NO4. The van der Waals surface area contributed by atoms with Gasteiger partial charge in [0, 0.05) is 10.0 Å². The molecule has 0 saturated heterocycles. The molecule has 1 amide bonds. The number of esters is 1. The summed E-state index contributed by atoms with van der Waals surface area (Å²) in [5.74, 6) is -1.06. The average Bonchev–Trinajstić information content (AvgIpc) is 2.59. The van der Waals surface area contributed by atoms with Crippen LogP contribution in [-0.4, -0.2) is 23.6 Å². The van der Waals surface area contributed by atoms with E-state index in [0.29, 0.717) is 26.7 Å². The van der Waals surface area contributed by atoms with E-state index in [1.54, 1.807) is 37.3 Å². The Labute approximate surface area is 155 Å². The molecule has 0 radical (unpaired) electrons. The minimum absolute atomic E-state index is 0.108. The van der Waals surface area contributed by atoms with Crippen molar-refractivity contribution in [2.45, 2.75) is 19.6 Å². The van der Waals surface area contributed by atoms with Gasteiger partial charge in [0.25, 0.3) is 5.91 Å². The van der Waals surface area contributed by atoms with Crippen LogP contribution in [0.2, 0.25) is 10.0 Å². The molecule has 132 valence electrons. The van der Waals surface area contributed by atoms with Crippen LogP contribution in [0, 0.1) is 0 Å². The number of aliphatic hydroxyl groups is 1. The molecule has 25 heavy (non-hydrogen) atoms. The lowest BCUT2D eigenvalue weighted by molar-refractivity contribution is -0.124. The first kappa shape index (κ1) is 19.2. The largest absolute Gasteiger partial charge is 0.452 e. The van der Waals surface area contributed by atoms with E-state index < -0.39 is 18.5 Å². The van der Waals surface area contributed by atoms with Gasteiger partial charge in [0.15, 0.2) is 6.61 Å². The van der Waals surface area contributed by atoms with Gasteiger partial charge in [-0.05, 0) is 42.3 Å². The first-order valence-corrected chi connectivity index (χ1v) is 8.27. The Morgan fingerprint density at radius 2 is 1.84 bits per heavy atom. The lowest BCUT2D eigenvalue weighted by Crippen LogP contribution is -2.31. The number of carbonyl (C=O) groups is 2. The molecule has 0 aliphatic rings. The number of amides is 1. The van der Waals surface area contributed by atoms with E-state index in [4.69, 9.17) is 33.0 Å². The molecule has 0 aromatic heterocycles. The molecule has 2 aromatic rings. The molecule has 0 spiro atoms. The van der Waals surface area contributed by atoms with Gasteiger partial charge < -0.3 is 15.2 Å². The normalized spacial score (nSPS) is 11.7. The number of halogens is 2. The topological polar surface area (TPSA) is 75.6 Å². The second-order valence-corrected chi connectivity index (χ2v) is 6.23. The third kappa shape index (κ3) is 5.46. The molecular weight excluding hydrogens is 365 g/mol. The second kappa shape index (κ2) is 8.85. The molecule has 2 N–H and O–H groups in total. The maximum absolute atomic E-state index is 12.0. The molecule has 1 atom stereocenters. The molecule has 0 saturated carbocycles. The van der Waals surface area contributed by atoms with E-state index >= 15 is 0 Å².